The molecule has 78 valence electrons. The Kier molecular flexibility index (Phi) is 4.23. The van der Waals surface area contributed by atoms with Gasteiger partial charge in [-0.1, -0.05) is 20.4 Å². The standard InChI is InChI=1S/C11H18N2O/c1-4-6-13-8-11(7-12-13)14-9-10(3)5-2/h7-8H,3-6,9H2,1-2H3. The first-order valence-corrected chi connectivity index (χ1v) is 5.08. The molecule has 0 unspecified atom stereocenters. The highest BCUT2D eigenvalue weighted by atomic mass is 16.5. The van der Waals surface area contributed by atoms with Crippen LogP contribution in [-0.4, -0.2) is 16.4 Å². The SMILES string of the molecule is C=C(CC)COc1cnn(CCC)c1. The van der Waals surface area contributed by atoms with Crippen molar-refractivity contribution in [2.75, 3.05) is 6.61 Å². The number of aryl methyl sites for hydroxylation is 1. The molecule has 0 saturated carbocycles. The van der Waals surface area contributed by atoms with Gasteiger partial charge in [0.05, 0.1) is 12.4 Å². The van der Waals surface area contributed by atoms with E-state index in [1.54, 1.807) is 6.20 Å². The Labute approximate surface area is 85.4 Å². The van der Waals surface area contributed by atoms with E-state index in [-0.39, 0.29) is 0 Å². The van der Waals surface area contributed by atoms with Gasteiger partial charge in [0.2, 0.25) is 0 Å². The summed E-state index contributed by atoms with van der Waals surface area (Å²) >= 11 is 0. The van der Waals surface area contributed by atoms with Crippen molar-refractivity contribution in [2.24, 2.45) is 0 Å². The van der Waals surface area contributed by atoms with Crippen LogP contribution in [0.15, 0.2) is 24.5 Å². The van der Waals surface area contributed by atoms with Crippen molar-refractivity contribution in [3.63, 3.8) is 0 Å². The van der Waals surface area contributed by atoms with Gasteiger partial charge in [-0.15, -0.1) is 0 Å². The number of aromatic nitrogens is 2. The summed E-state index contributed by atoms with van der Waals surface area (Å²) in [6.45, 7) is 9.62. The van der Waals surface area contributed by atoms with Crippen LogP contribution in [0.3, 0.4) is 0 Å². The Hall–Kier alpha value is -1.25. The molecular formula is C11H18N2O. The van der Waals surface area contributed by atoms with Crippen molar-refractivity contribution >= 4 is 0 Å². The molecule has 1 aromatic heterocycles. The number of rotatable bonds is 6. The minimum atomic E-state index is 0.592. The van der Waals surface area contributed by atoms with E-state index in [0.29, 0.717) is 6.61 Å². The predicted molar refractivity (Wildman–Crippen MR) is 57.4 cm³/mol. The van der Waals surface area contributed by atoms with Gasteiger partial charge >= 0.3 is 0 Å². The third-order valence-corrected chi connectivity index (χ3v) is 2.01. The quantitative estimate of drug-likeness (QED) is 0.651. The van der Waals surface area contributed by atoms with Crippen LogP contribution in [0.25, 0.3) is 0 Å². The zero-order valence-corrected chi connectivity index (χ0v) is 8.99. The number of hydrogen-bond donors (Lipinski definition) is 0. The average molecular weight is 194 g/mol. The van der Waals surface area contributed by atoms with Gasteiger partial charge in [0, 0.05) is 6.54 Å². The van der Waals surface area contributed by atoms with Crippen LogP contribution in [0.4, 0.5) is 0 Å². The Morgan fingerprint density at radius 1 is 1.57 bits per heavy atom. The van der Waals surface area contributed by atoms with E-state index in [1.165, 1.54) is 0 Å². The van der Waals surface area contributed by atoms with Crippen molar-refractivity contribution in [3.8, 4) is 5.75 Å². The van der Waals surface area contributed by atoms with Gasteiger partial charge in [0.15, 0.2) is 5.75 Å². The molecule has 3 nitrogen and oxygen atoms in total. The molecule has 0 N–H and O–H groups in total. The van der Waals surface area contributed by atoms with Crippen LogP contribution in [0.2, 0.25) is 0 Å². The first-order chi connectivity index (χ1) is 6.76. The van der Waals surface area contributed by atoms with E-state index in [2.05, 4.69) is 25.5 Å². The second-order valence-corrected chi connectivity index (χ2v) is 3.33. The second kappa shape index (κ2) is 5.47. The fraction of sp³-hybridized carbons (Fsp3) is 0.545. The highest BCUT2D eigenvalue weighted by Gasteiger charge is 1.98. The van der Waals surface area contributed by atoms with E-state index >= 15 is 0 Å². The van der Waals surface area contributed by atoms with Crippen LogP contribution in [-0.2, 0) is 6.54 Å². The monoisotopic (exact) mass is 194 g/mol. The maximum Gasteiger partial charge on any atom is 0.157 e. The average Bonchev–Trinajstić information content (AvgIpc) is 2.63. The van der Waals surface area contributed by atoms with E-state index in [9.17, 15) is 0 Å². The van der Waals surface area contributed by atoms with Crippen molar-refractivity contribution in [3.05, 3.63) is 24.5 Å². The summed E-state index contributed by atoms with van der Waals surface area (Å²) in [4.78, 5) is 0. The van der Waals surface area contributed by atoms with Crippen molar-refractivity contribution < 1.29 is 4.74 Å². The molecular weight excluding hydrogens is 176 g/mol. The van der Waals surface area contributed by atoms with Crippen molar-refractivity contribution in [2.45, 2.75) is 33.2 Å². The maximum absolute atomic E-state index is 5.50. The Balaban J connectivity index is 2.39. The van der Waals surface area contributed by atoms with E-state index in [4.69, 9.17) is 4.74 Å². The third kappa shape index (κ3) is 3.24. The normalized spacial score (nSPS) is 10.1. The third-order valence-electron chi connectivity index (χ3n) is 2.01. The first-order valence-electron chi connectivity index (χ1n) is 5.08. The molecule has 0 saturated heterocycles. The van der Waals surface area contributed by atoms with Gasteiger partial charge in [-0.05, 0) is 18.4 Å². The lowest BCUT2D eigenvalue weighted by molar-refractivity contribution is 0.348. The van der Waals surface area contributed by atoms with Crippen molar-refractivity contribution in [1.82, 2.24) is 9.78 Å². The van der Waals surface area contributed by atoms with Gasteiger partial charge in [0.1, 0.15) is 6.61 Å². The smallest absolute Gasteiger partial charge is 0.157 e. The minimum absolute atomic E-state index is 0.592. The zero-order chi connectivity index (χ0) is 10.4. The molecule has 0 aliphatic heterocycles. The van der Waals surface area contributed by atoms with Gasteiger partial charge < -0.3 is 4.74 Å². The summed E-state index contributed by atoms with van der Waals surface area (Å²) in [6, 6.07) is 0. The molecule has 0 aromatic carbocycles. The highest BCUT2D eigenvalue weighted by molar-refractivity contribution is 5.13. The highest BCUT2D eigenvalue weighted by Crippen LogP contribution is 2.10. The fourth-order valence-electron chi connectivity index (χ4n) is 1.06. The van der Waals surface area contributed by atoms with Gasteiger partial charge in [-0.25, -0.2) is 0 Å². The lowest BCUT2D eigenvalue weighted by Gasteiger charge is -2.03. The lowest BCUT2D eigenvalue weighted by atomic mass is 10.2. The van der Waals surface area contributed by atoms with Crippen LogP contribution in [0.1, 0.15) is 26.7 Å². The largest absolute Gasteiger partial charge is 0.486 e. The Bertz CT molecular complexity index is 291. The Morgan fingerprint density at radius 3 is 3.00 bits per heavy atom. The molecule has 1 aromatic rings. The molecule has 0 amide bonds. The number of ether oxygens (including phenoxy) is 1. The summed E-state index contributed by atoms with van der Waals surface area (Å²) in [7, 11) is 0. The molecule has 0 fully saturated rings. The van der Waals surface area contributed by atoms with Crippen LogP contribution < -0.4 is 4.74 Å². The molecule has 0 radical (unpaired) electrons. The second-order valence-electron chi connectivity index (χ2n) is 3.33. The molecule has 0 bridgehead atoms. The van der Waals surface area contributed by atoms with E-state index in [1.807, 2.05) is 10.9 Å². The maximum atomic E-state index is 5.50. The van der Waals surface area contributed by atoms with Gasteiger partial charge in [0.25, 0.3) is 0 Å². The van der Waals surface area contributed by atoms with Gasteiger partial charge in [-0.2, -0.15) is 5.10 Å². The summed E-state index contributed by atoms with van der Waals surface area (Å²) in [6.07, 6.45) is 5.72. The van der Waals surface area contributed by atoms with Crippen LogP contribution >= 0.6 is 0 Å². The molecule has 0 aliphatic rings. The van der Waals surface area contributed by atoms with Crippen LogP contribution in [0, 0.1) is 0 Å². The summed E-state index contributed by atoms with van der Waals surface area (Å²) in [5.74, 6) is 0.827. The Morgan fingerprint density at radius 2 is 2.36 bits per heavy atom. The van der Waals surface area contributed by atoms with E-state index in [0.717, 1.165) is 30.7 Å². The molecule has 1 heterocycles. The van der Waals surface area contributed by atoms with E-state index < -0.39 is 0 Å². The first kappa shape index (κ1) is 10.8. The molecule has 14 heavy (non-hydrogen) atoms. The molecule has 1 rings (SSSR count). The zero-order valence-electron chi connectivity index (χ0n) is 8.99. The molecule has 0 spiro atoms. The summed E-state index contributed by atoms with van der Waals surface area (Å²) < 4.78 is 7.40. The topological polar surface area (TPSA) is 27.1 Å². The number of nitrogens with zero attached hydrogens (tertiary/aromatic N) is 2. The van der Waals surface area contributed by atoms with Gasteiger partial charge in [-0.3, -0.25) is 4.68 Å². The van der Waals surface area contributed by atoms with Crippen molar-refractivity contribution in [1.29, 1.82) is 0 Å². The summed E-state index contributed by atoms with van der Waals surface area (Å²) in [5, 5.41) is 4.17. The summed E-state index contributed by atoms with van der Waals surface area (Å²) in [5.41, 5.74) is 1.10. The molecule has 0 atom stereocenters. The van der Waals surface area contributed by atoms with Crippen LogP contribution in [0.5, 0.6) is 5.75 Å². The molecule has 3 heteroatoms. The lowest BCUT2D eigenvalue weighted by Crippen LogP contribution is -1.99. The number of hydrogen-bond acceptors (Lipinski definition) is 2. The molecule has 0 aliphatic carbocycles. The minimum Gasteiger partial charge on any atom is -0.486 e. The fourth-order valence-corrected chi connectivity index (χ4v) is 1.06. The predicted octanol–water partition coefficient (Wildman–Crippen LogP) is 2.64.